The molecule has 0 bridgehead atoms. The molecule has 2 nitrogen and oxygen atoms in total. The Labute approximate surface area is 90.7 Å². The maximum absolute atomic E-state index is 11.8. The van der Waals surface area contributed by atoms with Crippen LogP contribution in [0.5, 0.6) is 0 Å². The van der Waals surface area contributed by atoms with Crippen molar-refractivity contribution in [2.45, 2.75) is 46.0 Å². The van der Waals surface area contributed by atoms with E-state index in [4.69, 9.17) is 0 Å². The van der Waals surface area contributed by atoms with E-state index in [9.17, 15) is 4.79 Å². The SMILES string of the molecule is Cc1cc(=O)c2c([nH]1)[C@H](C(C)C)CCC2. The lowest BCUT2D eigenvalue weighted by Crippen LogP contribution is -2.23. The van der Waals surface area contributed by atoms with Crippen molar-refractivity contribution in [1.82, 2.24) is 4.98 Å². The van der Waals surface area contributed by atoms with Crippen LogP contribution in [0.3, 0.4) is 0 Å². The summed E-state index contributed by atoms with van der Waals surface area (Å²) in [6, 6.07) is 1.72. The molecule has 0 saturated carbocycles. The topological polar surface area (TPSA) is 32.9 Å². The van der Waals surface area contributed by atoms with Gasteiger partial charge in [0.15, 0.2) is 5.43 Å². The summed E-state index contributed by atoms with van der Waals surface area (Å²) in [5.41, 5.74) is 3.46. The second kappa shape index (κ2) is 3.84. The predicted octanol–water partition coefficient (Wildman–Crippen LogP) is 2.76. The largest absolute Gasteiger partial charge is 0.362 e. The van der Waals surface area contributed by atoms with Gasteiger partial charge in [-0.05, 0) is 32.1 Å². The van der Waals surface area contributed by atoms with E-state index >= 15 is 0 Å². The fraction of sp³-hybridized carbons (Fsp3) is 0.615. The molecular weight excluding hydrogens is 186 g/mol. The van der Waals surface area contributed by atoms with Crippen LogP contribution in [-0.2, 0) is 6.42 Å². The van der Waals surface area contributed by atoms with Gasteiger partial charge in [-0.1, -0.05) is 13.8 Å². The van der Waals surface area contributed by atoms with E-state index in [0.29, 0.717) is 11.8 Å². The standard InChI is InChI=1S/C13H19NO/c1-8(2)10-5-4-6-11-12(15)7-9(3)14-13(10)11/h7-8,10H,4-6H2,1-3H3,(H,14,15)/t10-/m0/s1. The fourth-order valence-electron chi connectivity index (χ4n) is 2.62. The number of hydrogen-bond acceptors (Lipinski definition) is 1. The number of pyridine rings is 1. The van der Waals surface area contributed by atoms with E-state index in [1.807, 2.05) is 6.92 Å². The van der Waals surface area contributed by atoms with Crippen molar-refractivity contribution in [2.24, 2.45) is 5.92 Å². The summed E-state index contributed by atoms with van der Waals surface area (Å²) >= 11 is 0. The van der Waals surface area contributed by atoms with Crippen molar-refractivity contribution in [3.63, 3.8) is 0 Å². The van der Waals surface area contributed by atoms with E-state index in [1.54, 1.807) is 6.07 Å². The Morgan fingerprint density at radius 2 is 2.20 bits per heavy atom. The van der Waals surface area contributed by atoms with E-state index in [-0.39, 0.29) is 5.43 Å². The van der Waals surface area contributed by atoms with Gasteiger partial charge in [-0.2, -0.15) is 0 Å². The molecule has 0 aliphatic heterocycles. The zero-order chi connectivity index (χ0) is 11.0. The summed E-state index contributed by atoms with van der Waals surface area (Å²) < 4.78 is 0. The predicted molar refractivity (Wildman–Crippen MR) is 62.3 cm³/mol. The third-order valence-corrected chi connectivity index (χ3v) is 3.42. The lowest BCUT2D eigenvalue weighted by atomic mass is 9.80. The molecule has 2 heteroatoms. The van der Waals surface area contributed by atoms with Crippen LogP contribution in [0.2, 0.25) is 0 Å². The van der Waals surface area contributed by atoms with Crippen LogP contribution >= 0.6 is 0 Å². The van der Waals surface area contributed by atoms with E-state index < -0.39 is 0 Å². The average Bonchev–Trinajstić information content (AvgIpc) is 2.16. The van der Waals surface area contributed by atoms with Gasteiger partial charge in [0.1, 0.15) is 0 Å². The number of rotatable bonds is 1. The molecule has 0 spiro atoms. The summed E-state index contributed by atoms with van der Waals surface area (Å²) in [6.07, 6.45) is 3.32. The Balaban J connectivity index is 2.55. The Kier molecular flexibility index (Phi) is 2.68. The molecule has 0 aromatic carbocycles. The van der Waals surface area contributed by atoms with Gasteiger partial charge in [0.25, 0.3) is 0 Å². The fourth-order valence-corrected chi connectivity index (χ4v) is 2.62. The van der Waals surface area contributed by atoms with Crippen LogP contribution in [0.1, 0.15) is 49.6 Å². The monoisotopic (exact) mass is 205 g/mol. The van der Waals surface area contributed by atoms with Gasteiger partial charge in [0.2, 0.25) is 0 Å². The molecule has 0 amide bonds. The van der Waals surface area contributed by atoms with E-state index in [1.165, 1.54) is 12.1 Å². The normalized spacial score (nSPS) is 20.4. The first-order chi connectivity index (χ1) is 7.09. The Morgan fingerprint density at radius 3 is 2.87 bits per heavy atom. The quantitative estimate of drug-likeness (QED) is 0.751. The van der Waals surface area contributed by atoms with Crippen molar-refractivity contribution in [1.29, 1.82) is 0 Å². The average molecular weight is 205 g/mol. The highest BCUT2D eigenvalue weighted by atomic mass is 16.1. The zero-order valence-electron chi connectivity index (χ0n) is 9.76. The van der Waals surface area contributed by atoms with Gasteiger partial charge in [-0.3, -0.25) is 4.79 Å². The van der Waals surface area contributed by atoms with Crippen LogP contribution in [0.25, 0.3) is 0 Å². The third-order valence-electron chi connectivity index (χ3n) is 3.42. The van der Waals surface area contributed by atoms with Gasteiger partial charge >= 0.3 is 0 Å². The van der Waals surface area contributed by atoms with Crippen LogP contribution in [0.4, 0.5) is 0 Å². The highest BCUT2D eigenvalue weighted by molar-refractivity contribution is 5.28. The zero-order valence-corrected chi connectivity index (χ0v) is 9.76. The highest BCUT2D eigenvalue weighted by Crippen LogP contribution is 2.34. The van der Waals surface area contributed by atoms with Gasteiger partial charge in [0.05, 0.1) is 0 Å². The Bertz CT molecular complexity index is 417. The first kappa shape index (κ1) is 10.5. The smallest absolute Gasteiger partial charge is 0.185 e. The molecule has 1 aromatic heterocycles. The number of aromatic nitrogens is 1. The number of nitrogens with one attached hydrogen (secondary N) is 1. The molecule has 1 aliphatic rings. The first-order valence-corrected chi connectivity index (χ1v) is 5.82. The summed E-state index contributed by atoms with van der Waals surface area (Å²) in [7, 11) is 0. The summed E-state index contributed by atoms with van der Waals surface area (Å²) in [6.45, 7) is 6.44. The minimum atomic E-state index is 0.228. The molecule has 1 aliphatic carbocycles. The molecule has 0 unspecified atom stereocenters. The van der Waals surface area contributed by atoms with Gasteiger partial charge in [-0.15, -0.1) is 0 Å². The van der Waals surface area contributed by atoms with Crippen LogP contribution in [0, 0.1) is 12.8 Å². The first-order valence-electron chi connectivity index (χ1n) is 5.82. The third kappa shape index (κ3) is 1.85. The van der Waals surface area contributed by atoms with Crippen molar-refractivity contribution in [2.75, 3.05) is 0 Å². The van der Waals surface area contributed by atoms with Crippen molar-refractivity contribution >= 4 is 0 Å². The molecule has 0 radical (unpaired) electrons. The molecule has 1 N–H and O–H groups in total. The highest BCUT2D eigenvalue weighted by Gasteiger charge is 2.25. The Morgan fingerprint density at radius 1 is 1.47 bits per heavy atom. The van der Waals surface area contributed by atoms with Crippen LogP contribution in [0.15, 0.2) is 10.9 Å². The molecular formula is C13H19NO. The summed E-state index contributed by atoms with van der Waals surface area (Å²) in [5.74, 6) is 1.16. The maximum Gasteiger partial charge on any atom is 0.185 e. The molecule has 82 valence electrons. The molecule has 0 saturated heterocycles. The van der Waals surface area contributed by atoms with Crippen LogP contribution < -0.4 is 5.43 Å². The Hall–Kier alpha value is -1.05. The summed E-state index contributed by atoms with van der Waals surface area (Å²) in [4.78, 5) is 15.2. The van der Waals surface area contributed by atoms with Crippen LogP contribution in [-0.4, -0.2) is 4.98 Å². The minimum absolute atomic E-state index is 0.228. The molecule has 1 atom stereocenters. The lowest BCUT2D eigenvalue weighted by molar-refractivity contribution is 0.421. The van der Waals surface area contributed by atoms with Gasteiger partial charge < -0.3 is 4.98 Å². The number of aryl methyl sites for hydroxylation is 1. The molecule has 0 fully saturated rings. The molecule has 1 heterocycles. The van der Waals surface area contributed by atoms with E-state index in [2.05, 4.69) is 18.8 Å². The number of hydrogen-bond donors (Lipinski definition) is 1. The van der Waals surface area contributed by atoms with Crippen molar-refractivity contribution in [3.05, 3.63) is 33.2 Å². The van der Waals surface area contributed by atoms with Crippen molar-refractivity contribution < 1.29 is 0 Å². The molecule has 15 heavy (non-hydrogen) atoms. The van der Waals surface area contributed by atoms with Gasteiger partial charge in [0, 0.05) is 28.9 Å². The number of H-pyrrole nitrogens is 1. The molecule has 1 aromatic rings. The maximum atomic E-state index is 11.8. The minimum Gasteiger partial charge on any atom is -0.362 e. The van der Waals surface area contributed by atoms with Gasteiger partial charge in [-0.25, -0.2) is 0 Å². The second-order valence-corrected chi connectivity index (χ2v) is 4.95. The lowest BCUT2D eigenvalue weighted by Gasteiger charge is -2.28. The van der Waals surface area contributed by atoms with E-state index in [0.717, 1.165) is 24.1 Å². The number of fused-ring (bicyclic) bond motifs is 1. The number of aromatic amines is 1. The van der Waals surface area contributed by atoms with Crippen molar-refractivity contribution in [3.8, 4) is 0 Å². The summed E-state index contributed by atoms with van der Waals surface area (Å²) in [5, 5.41) is 0. The molecule has 2 rings (SSSR count). The second-order valence-electron chi connectivity index (χ2n) is 4.95.